The van der Waals surface area contributed by atoms with Crippen molar-refractivity contribution in [1.82, 2.24) is 13.7 Å². The minimum Gasteiger partial charge on any atom is -0.491 e. The molecule has 30 heavy (non-hydrogen) atoms. The highest BCUT2D eigenvalue weighted by Gasteiger charge is 2.17. The maximum Gasteiger partial charge on any atom is 0.336 e. The number of ether oxygens (including phenoxy) is 1. The summed E-state index contributed by atoms with van der Waals surface area (Å²) in [4.78, 5) is 37.6. The summed E-state index contributed by atoms with van der Waals surface area (Å²) >= 11 is 0. The molecule has 1 aromatic heterocycles. The monoisotopic (exact) mass is 409 g/mol. The van der Waals surface area contributed by atoms with Gasteiger partial charge < -0.3 is 9.84 Å². The van der Waals surface area contributed by atoms with Gasteiger partial charge in [0.05, 0.1) is 19.6 Å². The Labute approximate surface area is 172 Å². The van der Waals surface area contributed by atoms with Crippen LogP contribution in [0.5, 0.6) is 5.75 Å². The van der Waals surface area contributed by atoms with E-state index >= 15 is 0 Å². The Bertz CT molecular complexity index is 1200. The first-order valence-corrected chi connectivity index (χ1v) is 9.42. The van der Waals surface area contributed by atoms with Gasteiger partial charge in [0.15, 0.2) is 0 Å². The molecule has 0 bridgehead atoms. The largest absolute Gasteiger partial charge is 0.491 e. The first-order chi connectivity index (χ1) is 14.5. The van der Waals surface area contributed by atoms with Crippen LogP contribution >= 0.6 is 0 Å². The Morgan fingerprint density at radius 1 is 0.867 bits per heavy atom. The van der Waals surface area contributed by atoms with Gasteiger partial charge in [-0.2, -0.15) is 0 Å². The molecular formula is C22H23N3O5. The van der Waals surface area contributed by atoms with Crippen LogP contribution in [0.2, 0.25) is 0 Å². The molecule has 156 valence electrons. The van der Waals surface area contributed by atoms with E-state index in [9.17, 15) is 19.5 Å². The summed E-state index contributed by atoms with van der Waals surface area (Å²) < 4.78 is 8.22. The number of hydrogen-bond acceptors (Lipinski definition) is 5. The van der Waals surface area contributed by atoms with Crippen LogP contribution in [0.1, 0.15) is 0 Å². The number of aliphatic hydroxyl groups is 1. The number of fused-ring (bicyclic) bond motifs is 1. The number of allylic oxidation sites excluding steroid dienone is 2. The van der Waals surface area contributed by atoms with Gasteiger partial charge in [-0.05, 0) is 22.9 Å². The molecule has 1 N–H and O–H groups in total. The van der Waals surface area contributed by atoms with Crippen LogP contribution in [0.4, 0.5) is 0 Å². The van der Waals surface area contributed by atoms with Gasteiger partial charge in [0.2, 0.25) is 0 Å². The van der Waals surface area contributed by atoms with Crippen molar-refractivity contribution in [1.29, 1.82) is 0 Å². The van der Waals surface area contributed by atoms with Crippen LogP contribution in [-0.4, -0.2) is 31.5 Å². The lowest BCUT2D eigenvalue weighted by molar-refractivity contribution is 0.0889. The molecule has 0 saturated heterocycles. The molecule has 0 spiro atoms. The summed E-state index contributed by atoms with van der Waals surface area (Å²) in [7, 11) is 0. The first kappa shape index (κ1) is 21.1. The fraction of sp³-hybridized carbons (Fsp3) is 0.227. The predicted octanol–water partition coefficient (Wildman–Crippen LogP) is 1.14. The minimum atomic E-state index is -1.14. The number of rotatable bonds is 9. The number of aromatic nitrogens is 3. The molecule has 3 aromatic rings. The Balaban J connectivity index is 1.82. The summed E-state index contributed by atoms with van der Waals surface area (Å²) in [6.45, 7) is 6.49. The van der Waals surface area contributed by atoms with E-state index in [1.807, 2.05) is 36.4 Å². The normalized spacial score (nSPS) is 11.9. The van der Waals surface area contributed by atoms with Crippen molar-refractivity contribution < 1.29 is 9.84 Å². The minimum absolute atomic E-state index is 0.0568. The molecule has 0 aliphatic carbocycles. The van der Waals surface area contributed by atoms with E-state index < -0.39 is 23.2 Å². The average molecular weight is 409 g/mol. The van der Waals surface area contributed by atoms with E-state index in [1.54, 1.807) is 6.07 Å². The second-order valence-electron chi connectivity index (χ2n) is 6.73. The van der Waals surface area contributed by atoms with Crippen LogP contribution in [0.3, 0.4) is 0 Å². The Hall–Kier alpha value is -3.65. The number of aliphatic hydroxyl groups excluding tert-OH is 1. The zero-order valence-corrected chi connectivity index (χ0v) is 16.4. The predicted molar refractivity (Wildman–Crippen MR) is 115 cm³/mol. The molecule has 8 nitrogen and oxygen atoms in total. The van der Waals surface area contributed by atoms with Crippen molar-refractivity contribution in [2.75, 3.05) is 6.61 Å². The maximum absolute atomic E-state index is 12.6. The molecule has 3 rings (SSSR count). The molecule has 0 amide bonds. The van der Waals surface area contributed by atoms with Gasteiger partial charge in [-0.25, -0.2) is 28.1 Å². The third kappa shape index (κ3) is 4.33. The molecule has 8 heteroatoms. The second-order valence-corrected chi connectivity index (χ2v) is 6.73. The SMILES string of the molecule is C=CCn1c(=O)n(CC=C)c(=O)n(CC(O)COc2ccc3ccccc3c2)c1=O. The summed E-state index contributed by atoms with van der Waals surface area (Å²) in [6.07, 6.45) is 1.62. The smallest absolute Gasteiger partial charge is 0.336 e. The fourth-order valence-corrected chi connectivity index (χ4v) is 3.12. The van der Waals surface area contributed by atoms with Crippen molar-refractivity contribution in [3.8, 4) is 5.75 Å². The molecule has 2 aromatic carbocycles. The molecule has 0 aliphatic heterocycles. The Morgan fingerprint density at radius 3 is 2.03 bits per heavy atom. The molecular weight excluding hydrogens is 386 g/mol. The van der Waals surface area contributed by atoms with E-state index in [1.165, 1.54) is 12.2 Å². The third-order valence-corrected chi connectivity index (χ3v) is 4.57. The van der Waals surface area contributed by atoms with Crippen LogP contribution in [0.15, 0.2) is 82.2 Å². The van der Waals surface area contributed by atoms with Gasteiger partial charge >= 0.3 is 17.1 Å². The third-order valence-electron chi connectivity index (χ3n) is 4.57. The highest BCUT2D eigenvalue weighted by Crippen LogP contribution is 2.20. The summed E-state index contributed by atoms with van der Waals surface area (Å²) in [5.41, 5.74) is -2.37. The lowest BCUT2D eigenvalue weighted by Gasteiger charge is -2.16. The van der Waals surface area contributed by atoms with Crippen molar-refractivity contribution >= 4 is 10.8 Å². The van der Waals surface area contributed by atoms with E-state index in [0.717, 1.165) is 24.5 Å². The highest BCUT2D eigenvalue weighted by molar-refractivity contribution is 5.83. The van der Waals surface area contributed by atoms with Crippen molar-refractivity contribution in [3.05, 3.63) is 99.2 Å². The number of benzene rings is 2. The van der Waals surface area contributed by atoms with Gasteiger partial charge in [-0.15, -0.1) is 13.2 Å². The van der Waals surface area contributed by atoms with E-state index in [2.05, 4.69) is 13.2 Å². The number of nitrogens with zero attached hydrogens (tertiary/aromatic N) is 3. The van der Waals surface area contributed by atoms with Gasteiger partial charge in [-0.3, -0.25) is 0 Å². The first-order valence-electron chi connectivity index (χ1n) is 9.42. The van der Waals surface area contributed by atoms with Gasteiger partial charge in [0.1, 0.15) is 18.5 Å². The Morgan fingerprint density at radius 2 is 1.43 bits per heavy atom. The molecule has 1 unspecified atom stereocenters. The standard InChI is InChI=1S/C22H23N3O5/c1-3-11-23-20(27)24(12-4-2)22(29)25(21(23)28)14-18(26)15-30-19-10-9-16-7-5-6-8-17(16)13-19/h3-10,13,18,26H,1-2,11-12,14-15H2. The quantitative estimate of drug-likeness (QED) is 0.535. The van der Waals surface area contributed by atoms with Crippen LogP contribution < -0.4 is 21.8 Å². The summed E-state index contributed by atoms with van der Waals surface area (Å²) in [6, 6.07) is 13.3. The lowest BCUT2D eigenvalue weighted by atomic mass is 10.1. The molecule has 1 atom stereocenters. The van der Waals surface area contributed by atoms with Gasteiger partial charge in [-0.1, -0.05) is 42.5 Å². The van der Waals surface area contributed by atoms with Gasteiger partial charge in [0.25, 0.3) is 0 Å². The van der Waals surface area contributed by atoms with Gasteiger partial charge in [0, 0.05) is 0 Å². The number of hydrogen-bond donors (Lipinski definition) is 1. The molecule has 0 radical (unpaired) electrons. The van der Waals surface area contributed by atoms with Crippen LogP contribution in [0.25, 0.3) is 10.8 Å². The second kappa shape index (κ2) is 9.23. The van der Waals surface area contributed by atoms with Crippen molar-refractivity contribution in [2.24, 2.45) is 0 Å². The van der Waals surface area contributed by atoms with E-state index in [0.29, 0.717) is 5.75 Å². The van der Waals surface area contributed by atoms with E-state index in [4.69, 9.17) is 4.74 Å². The molecule has 0 fully saturated rings. The Kier molecular flexibility index (Phi) is 6.48. The van der Waals surface area contributed by atoms with Crippen LogP contribution in [0, 0.1) is 0 Å². The zero-order valence-electron chi connectivity index (χ0n) is 16.4. The molecule has 0 aliphatic rings. The topological polar surface area (TPSA) is 95.5 Å². The molecule has 1 heterocycles. The summed E-state index contributed by atoms with van der Waals surface area (Å²) in [5, 5.41) is 12.4. The van der Waals surface area contributed by atoms with Crippen molar-refractivity contribution in [2.45, 2.75) is 25.7 Å². The fourth-order valence-electron chi connectivity index (χ4n) is 3.12. The van der Waals surface area contributed by atoms with Crippen molar-refractivity contribution in [3.63, 3.8) is 0 Å². The summed E-state index contributed by atoms with van der Waals surface area (Å²) in [5.74, 6) is 0.556. The average Bonchev–Trinajstić information content (AvgIpc) is 2.75. The maximum atomic E-state index is 12.6. The molecule has 0 saturated carbocycles. The van der Waals surface area contributed by atoms with Crippen LogP contribution in [-0.2, 0) is 19.6 Å². The highest BCUT2D eigenvalue weighted by atomic mass is 16.5. The zero-order chi connectivity index (χ0) is 21.7. The van der Waals surface area contributed by atoms with E-state index in [-0.39, 0.29) is 26.2 Å². The lowest BCUT2D eigenvalue weighted by Crippen LogP contribution is -2.55.